The molecular weight excluding hydrogens is 198 g/mol. The summed E-state index contributed by atoms with van der Waals surface area (Å²) in [6.07, 6.45) is 4.10. The summed E-state index contributed by atoms with van der Waals surface area (Å²) in [6.45, 7) is 5.70. The van der Waals surface area contributed by atoms with Gasteiger partial charge in [0.1, 0.15) is 0 Å². The van der Waals surface area contributed by atoms with Crippen LogP contribution in [0.15, 0.2) is 48.7 Å². The second-order valence-corrected chi connectivity index (χ2v) is 3.43. The van der Waals surface area contributed by atoms with Gasteiger partial charge in [-0.2, -0.15) is 0 Å². The second kappa shape index (κ2) is 5.91. The van der Waals surface area contributed by atoms with Crippen LogP contribution in [-0.4, -0.2) is 12.8 Å². The molecule has 0 atom stereocenters. The van der Waals surface area contributed by atoms with Crippen molar-refractivity contribution in [3.05, 3.63) is 59.8 Å². The van der Waals surface area contributed by atoms with Gasteiger partial charge >= 0.3 is 0 Å². The Morgan fingerprint density at radius 2 is 2.12 bits per heavy atom. The van der Waals surface area contributed by atoms with Crippen LogP contribution in [0.2, 0.25) is 0 Å². The van der Waals surface area contributed by atoms with Crippen molar-refractivity contribution in [1.29, 1.82) is 0 Å². The van der Waals surface area contributed by atoms with Crippen molar-refractivity contribution in [3.63, 3.8) is 0 Å². The molecule has 2 heteroatoms. The molecule has 84 valence electrons. The first-order valence-electron chi connectivity index (χ1n) is 5.37. The second-order valence-electron chi connectivity index (χ2n) is 3.43. The molecule has 0 saturated heterocycles. The van der Waals surface area contributed by atoms with E-state index in [2.05, 4.69) is 11.9 Å². The lowest BCUT2D eigenvalue weighted by Crippen LogP contribution is -2.08. The van der Waals surface area contributed by atoms with E-state index in [0.29, 0.717) is 5.57 Å². The Kier molecular flexibility index (Phi) is 4.52. The summed E-state index contributed by atoms with van der Waals surface area (Å²) in [6, 6.07) is 7.67. The number of carbonyl (C=O) groups is 1. The summed E-state index contributed by atoms with van der Waals surface area (Å²) in [4.78, 5) is 12.2. The Bertz CT molecular complexity index is 418. The van der Waals surface area contributed by atoms with E-state index < -0.39 is 0 Å². The molecule has 0 unspecified atom stereocenters. The topological polar surface area (TPSA) is 29.1 Å². The summed E-state index contributed by atoms with van der Waals surface area (Å²) < 4.78 is 0. The van der Waals surface area contributed by atoms with Gasteiger partial charge in [-0.1, -0.05) is 43.8 Å². The molecule has 0 aliphatic heterocycles. The van der Waals surface area contributed by atoms with E-state index in [1.807, 2.05) is 31.2 Å². The monoisotopic (exact) mass is 215 g/mol. The third kappa shape index (κ3) is 2.60. The predicted molar refractivity (Wildman–Crippen MR) is 67.5 cm³/mol. The first-order valence-corrected chi connectivity index (χ1v) is 5.37. The van der Waals surface area contributed by atoms with Gasteiger partial charge in [0.05, 0.1) is 0 Å². The number of aryl methyl sites for hydroxylation is 1. The van der Waals surface area contributed by atoms with Gasteiger partial charge in [0.2, 0.25) is 0 Å². The Morgan fingerprint density at radius 1 is 1.44 bits per heavy atom. The molecule has 0 aromatic heterocycles. The minimum Gasteiger partial charge on any atom is -0.393 e. The van der Waals surface area contributed by atoms with E-state index in [9.17, 15) is 4.79 Å². The molecular formula is C14H17NO. The fourth-order valence-corrected chi connectivity index (χ4v) is 1.58. The third-order valence-corrected chi connectivity index (χ3v) is 2.42. The molecule has 0 bridgehead atoms. The summed E-state index contributed by atoms with van der Waals surface area (Å²) in [5.74, 6) is 0.0156. The first-order chi connectivity index (χ1) is 7.74. The summed E-state index contributed by atoms with van der Waals surface area (Å²) >= 11 is 0. The van der Waals surface area contributed by atoms with E-state index in [1.54, 1.807) is 19.3 Å². The number of nitrogens with one attached hydrogen (secondary N) is 1. The van der Waals surface area contributed by atoms with E-state index >= 15 is 0 Å². The van der Waals surface area contributed by atoms with Gasteiger partial charge in [0.15, 0.2) is 5.78 Å². The molecule has 0 aliphatic rings. The Morgan fingerprint density at radius 3 is 2.69 bits per heavy atom. The van der Waals surface area contributed by atoms with Crippen molar-refractivity contribution in [1.82, 2.24) is 5.32 Å². The number of benzene rings is 1. The van der Waals surface area contributed by atoms with Crippen LogP contribution in [0, 0.1) is 0 Å². The van der Waals surface area contributed by atoms with Crippen LogP contribution in [0.4, 0.5) is 0 Å². The zero-order valence-electron chi connectivity index (χ0n) is 9.79. The number of carbonyl (C=O) groups excluding carboxylic acids is 1. The molecule has 1 rings (SSSR count). The molecule has 0 radical (unpaired) electrons. The van der Waals surface area contributed by atoms with Crippen LogP contribution in [0.3, 0.4) is 0 Å². The highest BCUT2D eigenvalue weighted by Crippen LogP contribution is 2.14. The molecule has 0 amide bonds. The van der Waals surface area contributed by atoms with Gasteiger partial charge in [-0.05, 0) is 12.0 Å². The smallest absolute Gasteiger partial charge is 0.194 e. The van der Waals surface area contributed by atoms with Crippen molar-refractivity contribution < 1.29 is 4.79 Å². The van der Waals surface area contributed by atoms with Crippen molar-refractivity contribution in [2.75, 3.05) is 7.05 Å². The van der Waals surface area contributed by atoms with E-state index in [4.69, 9.17) is 0 Å². The standard InChI is InChI=1S/C14H17NO/c1-4-11-8-6-7-9-13(11)14(16)12(5-2)10-15-3/h5-10,15H,2,4H2,1,3H3/b12-10+. The van der Waals surface area contributed by atoms with Crippen LogP contribution in [0.1, 0.15) is 22.8 Å². The van der Waals surface area contributed by atoms with E-state index in [0.717, 1.165) is 17.5 Å². The largest absolute Gasteiger partial charge is 0.393 e. The quantitative estimate of drug-likeness (QED) is 0.465. The molecule has 0 fully saturated rings. The number of hydrogen-bond acceptors (Lipinski definition) is 2. The maximum atomic E-state index is 12.2. The highest BCUT2D eigenvalue weighted by Gasteiger charge is 2.12. The number of hydrogen-bond donors (Lipinski definition) is 1. The minimum atomic E-state index is 0.0156. The van der Waals surface area contributed by atoms with Gasteiger partial charge in [-0.25, -0.2) is 0 Å². The van der Waals surface area contributed by atoms with Crippen LogP contribution in [-0.2, 0) is 6.42 Å². The SMILES string of the molecule is C=C/C(=C\NC)C(=O)c1ccccc1CC. The fraction of sp³-hybridized carbons (Fsp3) is 0.214. The number of Topliss-reactive ketones (excluding diaryl/α,β-unsaturated/α-hetero) is 1. The molecule has 0 aliphatic carbocycles. The maximum absolute atomic E-state index is 12.2. The lowest BCUT2D eigenvalue weighted by atomic mass is 9.97. The van der Waals surface area contributed by atoms with Gasteiger partial charge in [0.25, 0.3) is 0 Å². The molecule has 2 nitrogen and oxygen atoms in total. The summed E-state index contributed by atoms with van der Waals surface area (Å²) in [5, 5.41) is 2.85. The molecule has 1 aromatic carbocycles. The number of rotatable bonds is 5. The lowest BCUT2D eigenvalue weighted by Gasteiger charge is -2.07. The van der Waals surface area contributed by atoms with Gasteiger partial charge < -0.3 is 5.32 Å². The van der Waals surface area contributed by atoms with Crippen LogP contribution in [0.25, 0.3) is 0 Å². The molecule has 16 heavy (non-hydrogen) atoms. The van der Waals surface area contributed by atoms with Crippen LogP contribution in [0.5, 0.6) is 0 Å². The predicted octanol–water partition coefficient (Wildman–Crippen LogP) is 2.72. The third-order valence-electron chi connectivity index (χ3n) is 2.42. The highest BCUT2D eigenvalue weighted by molar-refractivity contribution is 6.11. The molecule has 1 aromatic rings. The minimum absolute atomic E-state index is 0.0156. The summed E-state index contributed by atoms with van der Waals surface area (Å²) in [7, 11) is 1.77. The maximum Gasteiger partial charge on any atom is 0.194 e. The van der Waals surface area contributed by atoms with Crippen molar-refractivity contribution in [3.8, 4) is 0 Å². The van der Waals surface area contributed by atoms with E-state index in [1.165, 1.54) is 0 Å². The van der Waals surface area contributed by atoms with Crippen molar-refractivity contribution >= 4 is 5.78 Å². The molecule has 0 heterocycles. The molecule has 1 N–H and O–H groups in total. The average molecular weight is 215 g/mol. The number of allylic oxidation sites excluding steroid dienone is 2. The zero-order valence-corrected chi connectivity index (χ0v) is 9.79. The fourth-order valence-electron chi connectivity index (χ4n) is 1.58. The van der Waals surface area contributed by atoms with Crippen molar-refractivity contribution in [2.24, 2.45) is 0 Å². The van der Waals surface area contributed by atoms with E-state index in [-0.39, 0.29) is 5.78 Å². The Hall–Kier alpha value is -1.83. The van der Waals surface area contributed by atoms with Crippen LogP contribution >= 0.6 is 0 Å². The van der Waals surface area contributed by atoms with Gasteiger partial charge in [-0.3, -0.25) is 4.79 Å². The average Bonchev–Trinajstić information content (AvgIpc) is 2.35. The Balaban J connectivity index is 3.13. The first kappa shape index (κ1) is 12.2. The van der Waals surface area contributed by atoms with Gasteiger partial charge in [0, 0.05) is 24.4 Å². The lowest BCUT2D eigenvalue weighted by molar-refractivity contribution is 0.103. The number of ketones is 1. The zero-order chi connectivity index (χ0) is 12.0. The molecule has 0 spiro atoms. The Labute approximate surface area is 96.7 Å². The van der Waals surface area contributed by atoms with Gasteiger partial charge in [-0.15, -0.1) is 0 Å². The van der Waals surface area contributed by atoms with Crippen molar-refractivity contribution in [2.45, 2.75) is 13.3 Å². The molecule has 0 saturated carbocycles. The summed E-state index contributed by atoms with van der Waals surface area (Å²) in [5.41, 5.74) is 2.41. The highest BCUT2D eigenvalue weighted by atomic mass is 16.1. The normalized spacial score (nSPS) is 11.0. The van der Waals surface area contributed by atoms with Crippen LogP contribution < -0.4 is 5.32 Å².